The van der Waals surface area contributed by atoms with Gasteiger partial charge in [-0.2, -0.15) is 5.26 Å². The quantitative estimate of drug-likeness (QED) is 0.512. The molecule has 0 unspecified atom stereocenters. The Morgan fingerprint density at radius 1 is 0.792 bits per heavy atom. The minimum absolute atomic E-state index is 0.673. The summed E-state index contributed by atoms with van der Waals surface area (Å²) in [6, 6.07) is 28.9. The van der Waals surface area contributed by atoms with Crippen LogP contribution in [0.4, 0.5) is 0 Å². The van der Waals surface area contributed by atoms with Crippen LogP contribution in [0.25, 0.3) is 22.0 Å². The summed E-state index contributed by atoms with van der Waals surface area (Å²) in [7, 11) is 0. The Balaban J connectivity index is 1.71. The second-order valence-corrected chi connectivity index (χ2v) is 6.60. The Morgan fingerprint density at radius 3 is 2.33 bits per heavy atom. The van der Waals surface area contributed by atoms with Crippen LogP contribution in [0.15, 0.2) is 88.8 Å². The van der Waals surface area contributed by atoms with Crippen LogP contribution in [0.1, 0.15) is 5.56 Å². The Kier molecular flexibility index (Phi) is 3.82. The Morgan fingerprint density at radius 2 is 1.54 bits per heavy atom. The van der Waals surface area contributed by atoms with Crippen LogP contribution in [0, 0.1) is 11.3 Å². The summed E-state index contributed by atoms with van der Waals surface area (Å²) in [6.45, 7) is 0. The second-order valence-electron chi connectivity index (χ2n) is 5.51. The number of nitriles is 1. The number of fused-ring (bicyclic) bond motifs is 1. The fourth-order valence-electron chi connectivity index (χ4n) is 2.72. The lowest BCUT2D eigenvalue weighted by atomic mass is 10.1. The van der Waals surface area contributed by atoms with Gasteiger partial charge in [0.15, 0.2) is 0 Å². The molecule has 0 radical (unpaired) electrons. The fourth-order valence-corrected chi connectivity index (χ4v) is 3.65. The summed E-state index contributed by atoms with van der Waals surface area (Å²) in [4.78, 5) is 4.50. The molecule has 4 aromatic rings. The van der Waals surface area contributed by atoms with Gasteiger partial charge in [-0.3, -0.25) is 0 Å². The molecule has 4 rings (SSSR count). The maximum Gasteiger partial charge on any atom is 0.102 e. The van der Waals surface area contributed by atoms with Crippen LogP contribution in [0.3, 0.4) is 0 Å². The molecular weight excluding hydrogens is 312 g/mol. The lowest BCUT2D eigenvalue weighted by molar-refractivity contribution is 1.18. The summed E-state index contributed by atoms with van der Waals surface area (Å²) >= 11 is 1.59. The van der Waals surface area contributed by atoms with Crippen molar-refractivity contribution in [3.63, 3.8) is 0 Å². The SMILES string of the molecule is N#Cc1cc(-c2ccccc2)[nH]c1Sc1ccc2ccccc2c1. The van der Waals surface area contributed by atoms with E-state index in [4.69, 9.17) is 0 Å². The lowest BCUT2D eigenvalue weighted by Crippen LogP contribution is -1.79. The second kappa shape index (κ2) is 6.27. The van der Waals surface area contributed by atoms with Crippen molar-refractivity contribution >= 4 is 22.5 Å². The summed E-state index contributed by atoms with van der Waals surface area (Å²) < 4.78 is 0. The van der Waals surface area contributed by atoms with E-state index in [1.165, 1.54) is 10.8 Å². The Labute approximate surface area is 144 Å². The van der Waals surface area contributed by atoms with E-state index in [0.29, 0.717) is 5.56 Å². The van der Waals surface area contributed by atoms with E-state index in [1.807, 2.05) is 48.5 Å². The first-order chi connectivity index (χ1) is 11.8. The fraction of sp³-hybridized carbons (Fsp3) is 0. The molecule has 1 aromatic heterocycles. The molecule has 1 N–H and O–H groups in total. The Hall–Kier alpha value is -2.96. The van der Waals surface area contributed by atoms with Crippen molar-refractivity contribution in [1.29, 1.82) is 5.26 Å². The summed E-state index contributed by atoms with van der Waals surface area (Å²) in [6.07, 6.45) is 0. The number of nitrogens with one attached hydrogen (secondary N) is 1. The van der Waals surface area contributed by atoms with Crippen LogP contribution in [-0.2, 0) is 0 Å². The molecule has 3 heteroatoms. The molecule has 0 spiro atoms. The van der Waals surface area contributed by atoms with Gasteiger partial charge in [-0.15, -0.1) is 0 Å². The van der Waals surface area contributed by atoms with E-state index < -0.39 is 0 Å². The molecule has 0 aliphatic carbocycles. The van der Waals surface area contributed by atoms with Crippen LogP contribution >= 0.6 is 11.8 Å². The van der Waals surface area contributed by atoms with Gasteiger partial charge in [0.25, 0.3) is 0 Å². The highest BCUT2D eigenvalue weighted by molar-refractivity contribution is 7.99. The zero-order valence-corrected chi connectivity index (χ0v) is 13.7. The van der Waals surface area contributed by atoms with Gasteiger partial charge in [0, 0.05) is 10.6 Å². The van der Waals surface area contributed by atoms with E-state index in [1.54, 1.807) is 11.8 Å². The molecule has 24 heavy (non-hydrogen) atoms. The zero-order chi connectivity index (χ0) is 16.4. The Bertz CT molecular complexity index is 1040. The molecule has 0 bridgehead atoms. The third-order valence-corrected chi connectivity index (χ3v) is 4.94. The van der Waals surface area contributed by atoms with Gasteiger partial charge >= 0.3 is 0 Å². The smallest absolute Gasteiger partial charge is 0.102 e. The summed E-state index contributed by atoms with van der Waals surface area (Å²) in [5, 5.41) is 12.8. The minimum atomic E-state index is 0.673. The number of hydrogen-bond acceptors (Lipinski definition) is 2. The molecule has 0 saturated heterocycles. The van der Waals surface area contributed by atoms with Crippen molar-refractivity contribution < 1.29 is 0 Å². The van der Waals surface area contributed by atoms with Crippen LogP contribution in [-0.4, -0.2) is 4.98 Å². The number of aromatic nitrogens is 1. The maximum atomic E-state index is 9.45. The van der Waals surface area contributed by atoms with Crippen molar-refractivity contribution in [3.8, 4) is 17.3 Å². The van der Waals surface area contributed by atoms with Crippen molar-refractivity contribution in [1.82, 2.24) is 4.98 Å². The van der Waals surface area contributed by atoms with E-state index in [2.05, 4.69) is 41.4 Å². The molecule has 0 aliphatic heterocycles. The molecule has 0 atom stereocenters. The average Bonchev–Trinajstić information content (AvgIpc) is 3.05. The largest absolute Gasteiger partial charge is 0.348 e. The van der Waals surface area contributed by atoms with Crippen molar-refractivity contribution in [2.24, 2.45) is 0 Å². The van der Waals surface area contributed by atoms with Gasteiger partial charge in [0.2, 0.25) is 0 Å². The molecule has 1 heterocycles. The van der Waals surface area contributed by atoms with Gasteiger partial charge in [0.1, 0.15) is 6.07 Å². The highest BCUT2D eigenvalue weighted by Gasteiger charge is 2.11. The molecule has 0 saturated carbocycles. The lowest BCUT2D eigenvalue weighted by Gasteiger charge is -2.03. The number of nitrogens with zero attached hydrogens (tertiary/aromatic N) is 1. The van der Waals surface area contributed by atoms with Crippen molar-refractivity contribution in [2.45, 2.75) is 9.92 Å². The topological polar surface area (TPSA) is 39.6 Å². The number of rotatable bonds is 3. The standard InChI is InChI=1S/C21H14N2S/c22-14-18-13-20(16-7-2-1-3-8-16)23-21(18)24-19-11-10-15-6-4-5-9-17(15)12-19/h1-13,23H. The van der Waals surface area contributed by atoms with E-state index in [-0.39, 0.29) is 0 Å². The number of aromatic amines is 1. The van der Waals surface area contributed by atoms with Crippen LogP contribution < -0.4 is 0 Å². The first kappa shape index (κ1) is 14.6. The molecule has 0 aliphatic rings. The highest BCUT2D eigenvalue weighted by Crippen LogP contribution is 2.34. The number of benzene rings is 3. The molecule has 114 valence electrons. The third kappa shape index (κ3) is 2.80. The molecule has 0 amide bonds. The van der Waals surface area contributed by atoms with E-state index in [0.717, 1.165) is 21.2 Å². The van der Waals surface area contributed by atoms with Gasteiger partial charge in [0.05, 0.1) is 10.6 Å². The van der Waals surface area contributed by atoms with Gasteiger partial charge in [-0.1, -0.05) is 72.4 Å². The maximum absolute atomic E-state index is 9.45. The van der Waals surface area contributed by atoms with E-state index in [9.17, 15) is 5.26 Å². The molecular formula is C21H14N2S. The van der Waals surface area contributed by atoms with Gasteiger partial charge in [-0.25, -0.2) is 0 Å². The first-order valence-corrected chi connectivity index (χ1v) is 8.50. The van der Waals surface area contributed by atoms with Crippen LogP contribution in [0.2, 0.25) is 0 Å². The number of H-pyrrole nitrogens is 1. The monoisotopic (exact) mass is 326 g/mol. The van der Waals surface area contributed by atoms with Gasteiger partial charge < -0.3 is 4.98 Å². The van der Waals surface area contributed by atoms with Crippen LogP contribution in [0.5, 0.6) is 0 Å². The van der Waals surface area contributed by atoms with E-state index >= 15 is 0 Å². The average molecular weight is 326 g/mol. The normalized spacial score (nSPS) is 10.6. The minimum Gasteiger partial charge on any atom is -0.348 e. The summed E-state index contributed by atoms with van der Waals surface area (Å²) in [5.41, 5.74) is 2.72. The molecule has 0 fully saturated rings. The van der Waals surface area contributed by atoms with Crippen molar-refractivity contribution in [2.75, 3.05) is 0 Å². The zero-order valence-electron chi connectivity index (χ0n) is 12.9. The highest BCUT2D eigenvalue weighted by atomic mass is 32.2. The molecule has 3 aromatic carbocycles. The van der Waals surface area contributed by atoms with Gasteiger partial charge in [-0.05, 0) is 34.5 Å². The molecule has 2 nitrogen and oxygen atoms in total. The first-order valence-electron chi connectivity index (χ1n) is 7.69. The predicted octanol–water partition coefficient (Wildman–Crippen LogP) is 5.86. The number of hydrogen-bond donors (Lipinski definition) is 1. The predicted molar refractivity (Wildman–Crippen MR) is 99.0 cm³/mol. The summed E-state index contributed by atoms with van der Waals surface area (Å²) in [5.74, 6) is 0. The van der Waals surface area contributed by atoms with Crippen molar-refractivity contribution in [3.05, 3.63) is 84.4 Å². The third-order valence-electron chi connectivity index (χ3n) is 3.93.